The van der Waals surface area contributed by atoms with Crippen molar-refractivity contribution in [1.29, 1.82) is 0 Å². The van der Waals surface area contributed by atoms with Gasteiger partial charge in [-0.1, -0.05) is 34.1 Å². The lowest BCUT2D eigenvalue weighted by molar-refractivity contribution is 0.0772. The smallest absolute Gasteiger partial charge is 0.253 e. The molecule has 0 aliphatic heterocycles. The second-order valence-corrected chi connectivity index (χ2v) is 5.84. The number of rotatable bonds is 6. The average Bonchev–Trinajstić information content (AvgIpc) is 2.55. The number of halogens is 1. The maximum absolute atomic E-state index is 12.3. The minimum Gasteiger partial charge on any atom is -0.489 e. The van der Waals surface area contributed by atoms with Crippen LogP contribution in [0.15, 0.2) is 53.0 Å². The van der Waals surface area contributed by atoms with Crippen LogP contribution in [-0.2, 0) is 6.61 Å². The number of hydrogen-bond acceptors (Lipinski definition) is 2. The molecule has 0 aromatic heterocycles. The SMILES string of the molecule is CCN(CC)C(=O)c1cccc(OCc2ccc(Br)cc2)c1. The number of nitrogens with zero attached hydrogens (tertiary/aromatic N) is 1. The Labute approximate surface area is 140 Å². The summed E-state index contributed by atoms with van der Waals surface area (Å²) in [4.78, 5) is 14.1. The van der Waals surface area contributed by atoms with E-state index in [1.54, 1.807) is 11.0 Å². The Hall–Kier alpha value is -1.81. The third kappa shape index (κ3) is 4.34. The molecule has 0 atom stereocenters. The van der Waals surface area contributed by atoms with Gasteiger partial charge in [0.1, 0.15) is 12.4 Å². The summed E-state index contributed by atoms with van der Waals surface area (Å²) >= 11 is 3.41. The quantitative estimate of drug-likeness (QED) is 0.757. The summed E-state index contributed by atoms with van der Waals surface area (Å²) < 4.78 is 6.83. The van der Waals surface area contributed by atoms with Crippen molar-refractivity contribution in [1.82, 2.24) is 4.90 Å². The van der Waals surface area contributed by atoms with E-state index in [4.69, 9.17) is 4.74 Å². The van der Waals surface area contributed by atoms with Gasteiger partial charge in [-0.15, -0.1) is 0 Å². The monoisotopic (exact) mass is 361 g/mol. The molecule has 0 saturated carbocycles. The molecule has 2 aromatic rings. The molecule has 2 rings (SSSR count). The fourth-order valence-electron chi connectivity index (χ4n) is 2.16. The van der Waals surface area contributed by atoms with Crippen molar-refractivity contribution < 1.29 is 9.53 Å². The fraction of sp³-hybridized carbons (Fsp3) is 0.278. The summed E-state index contributed by atoms with van der Waals surface area (Å²) in [6.07, 6.45) is 0. The van der Waals surface area contributed by atoms with E-state index >= 15 is 0 Å². The molecule has 0 fully saturated rings. The van der Waals surface area contributed by atoms with E-state index in [0.717, 1.165) is 10.0 Å². The van der Waals surface area contributed by atoms with Crippen molar-refractivity contribution in [2.24, 2.45) is 0 Å². The van der Waals surface area contributed by atoms with Crippen LogP contribution in [0.4, 0.5) is 0 Å². The van der Waals surface area contributed by atoms with E-state index in [9.17, 15) is 4.79 Å². The summed E-state index contributed by atoms with van der Waals surface area (Å²) in [5.41, 5.74) is 1.75. The Morgan fingerprint density at radius 1 is 1.09 bits per heavy atom. The second kappa shape index (κ2) is 7.99. The summed E-state index contributed by atoms with van der Waals surface area (Å²) in [6.45, 7) is 5.86. The molecule has 22 heavy (non-hydrogen) atoms. The standard InChI is InChI=1S/C18H20BrNO2/c1-3-20(4-2)18(21)15-6-5-7-17(12-15)22-13-14-8-10-16(19)11-9-14/h5-12H,3-4,13H2,1-2H3. The van der Waals surface area contributed by atoms with Gasteiger partial charge in [0.05, 0.1) is 0 Å². The molecule has 0 spiro atoms. The highest BCUT2D eigenvalue weighted by molar-refractivity contribution is 9.10. The van der Waals surface area contributed by atoms with Crippen LogP contribution in [0.2, 0.25) is 0 Å². The number of carbonyl (C=O) groups excluding carboxylic acids is 1. The fourth-order valence-corrected chi connectivity index (χ4v) is 2.42. The Kier molecular flexibility index (Phi) is 6.01. The topological polar surface area (TPSA) is 29.5 Å². The molecule has 0 aliphatic carbocycles. The molecule has 0 heterocycles. The molecule has 1 amide bonds. The van der Waals surface area contributed by atoms with Gasteiger partial charge in [0.2, 0.25) is 0 Å². The van der Waals surface area contributed by atoms with Crippen LogP contribution in [0.5, 0.6) is 5.75 Å². The third-order valence-electron chi connectivity index (χ3n) is 3.45. The highest BCUT2D eigenvalue weighted by atomic mass is 79.9. The first-order chi connectivity index (χ1) is 10.6. The van der Waals surface area contributed by atoms with Crippen LogP contribution >= 0.6 is 15.9 Å². The third-order valence-corrected chi connectivity index (χ3v) is 3.98. The predicted octanol–water partition coefficient (Wildman–Crippen LogP) is 4.51. The van der Waals surface area contributed by atoms with Crippen LogP contribution in [0.3, 0.4) is 0 Å². The maximum Gasteiger partial charge on any atom is 0.253 e. The highest BCUT2D eigenvalue weighted by Crippen LogP contribution is 2.17. The van der Waals surface area contributed by atoms with Gasteiger partial charge in [-0.3, -0.25) is 4.79 Å². The molecule has 2 aromatic carbocycles. The molecule has 0 aliphatic rings. The van der Waals surface area contributed by atoms with Gasteiger partial charge in [-0.05, 0) is 49.7 Å². The number of amides is 1. The van der Waals surface area contributed by atoms with Crippen molar-refractivity contribution in [2.75, 3.05) is 13.1 Å². The van der Waals surface area contributed by atoms with E-state index < -0.39 is 0 Å². The number of ether oxygens (including phenoxy) is 1. The molecule has 4 heteroatoms. The van der Waals surface area contributed by atoms with Gasteiger partial charge >= 0.3 is 0 Å². The molecular weight excluding hydrogens is 342 g/mol. The summed E-state index contributed by atoms with van der Waals surface area (Å²) in [6, 6.07) is 15.3. The van der Waals surface area contributed by atoms with Crippen LogP contribution in [-0.4, -0.2) is 23.9 Å². The second-order valence-electron chi connectivity index (χ2n) is 4.92. The van der Waals surface area contributed by atoms with Gasteiger partial charge in [0.25, 0.3) is 5.91 Å². The molecule has 0 radical (unpaired) electrons. The van der Waals surface area contributed by atoms with Gasteiger partial charge in [0, 0.05) is 23.1 Å². The van der Waals surface area contributed by atoms with Crippen LogP contribution in [0.1, 0.15) is 29.8 Å². The van der Waals surface area contributed by atoms with Crippen LogP contribution in [0, 0.1) is 0 Å². The van der Waals surface area contributed by atoms with Crippen molar-refractivity contribution in [3.8, 4) is 5.75 Å². The molecule has 0 bridgehead atoms. The lowest BCUT2D eigenvalue weighted by atomic mass is 10.2. The zero-order valence-corrected chi connectivity index (χ0v) is 14.5. The lowest BCUT2D eigenvalue weighted by Gasteiger charge is -2.19. The largest absolute Gasteiger partial charge is 0.489 e. The Balaban J connectivity index is 2.05. The molecule has 0 unspecified atom stereocenters. The first-order valence-corrected chi connectivity index (χ1v) is 8.20. The summed E-state index contributed by atoms with van der Waals surface area (Å²) in [5.74, 6) is 0.750. The molecule has 0 N–H and O–H groups in total. The lowest BCUT2D eigenvalue weighted by Crippen LogP contribution is -2.30. The predicted molar refractivity (Wildman–Crippen MR) is 92.2 cm³/mol. The highest BCUT2D eigenvalue weighted by Gasteiger charge is 2.12. The summed E-state index contributed by atoms with van der Waals surface area (Å²) in [5, 5.41) is 0. The summed E-state index contributed by atoms with van der Waals surface area (Å²) in [7, 11) is 0. The first-order valence-electron chi connectivity index (χ1n) is 7.40. The van der Waals surface area contributed by atoms with Gasteiger partial charge in [-0.25, -0.2) is 0 Å². The zero-order chi connectivity index (χ0) is 15.9. The Bertz CT molecular complexity index is 621. The van der Waals surface area contributed by atoms with Crippen molar-refractivity contribution >= 4 is 21.8 Å². The Morgan fingerprint density at radius 3 is 2.41 bits per heavy atom. The molecular formula is C18H20BrNO2. The van der Waals surface area contributed by atoms with Crippen molar-refractivity contribution in [3.05, 3.63) is 64.1 Å². The molecule has 116 valence electrons. The van der Waals surface area contributed by atoms with Gasteiger partial charge in [-0.2, -0.15) is 0 Å². The van der Waals surface area contributed by atoms with E-state index in [0.29, 0.717) is 31.0 Å². The maximum atomic E-state index is 12.3. The van der Waals surface area contributed by atoms with E-state index in [1.807, 2.05) is 56.3 Å². The van der Waals surface area contributed by atoms with Gasteiger partial charge < -0.3 is 9.64 Å². The number of carbonyl (C=O) groups is 1. The van der Waals surface area contributed by atoms with Crippen molar-refractivity contribution in [3.63, 3.8) is 0 Å². The van der Waals surface area contributed by atoms with Crippen LogP contribution < -0.4 is 4.74 Å². The average molecular weight is 362 g/mol. The number of hydrogen-bond donors (Lipinski definition) is 0. The number of benzene rings is 2. The minimum absolute atomic E-state index is 0.0408. The normalized spacial score (nSPS) is 10.3. The zero-order valence-electron chi connectivity index (χ0n) is 12.9. The molecule has 0 saturated heterocycles. The van der Waals surface area contributed by atoms with Crippen molar-refractivity contribution in [2.45, 2.75) is 20.5 Å². The van der Waals surface area contributed by atoms with E-state index in [1.165, 1.54) is 0 Å². The first kappa shape index (κ1) is 16.6. The molecule has 3 nitrogen and oxygen atoms in total. The van der Waals surface area contributed by atoms with Gasteiger partial charge in [0.15, 0.2) is 0 Å². The Morgan fingerprint density at radius 2 is 1.77 bits per heavy atom. The minimum atomic E-state index is 0.0408. The van der Waals surface area contributed by atoms with E-state index in [2.05, 4.69) is 15.9 Å². The van der Waals surface area contributed by atoms with E-state index in [-0.39, 0.29) is 5.91 Å². The van der Waals surface area contributed by atoms with Crippen LogP contribution in [0.25, 0.3) is 0 Å².